The Morgan fingerprint density at radius 2 is 1.77 bits per heavy atom. The van der Waals surface area contributed by atoms with Gasteiger partial charge in [0.25, 0.3) is 0 Å². The summed E-state index contributed by atoms with van der Waals surface area (Å²) < 4.78 is 21.7. The summed E-state index contributed by atoms with van der Waals surface area (Å²) >= 11 is 12.6. The summed E-state index contributed by atoms with van der Waals surface area (Å²) in [5.74, 6) is -0.813. The zero-order valence-electron chi connectivity index (χ0n) is 16.0. The van der Waals surface area contributed by atoms with Crippen molar-refractivity contribution in [1.29, 1.82) is 0 Å². The van der Waals surface area contributed by atoms with Crippen LogP contribution in [0.25, 0.3) is 10.9 Å². The number of benzene rings is 2. The highest BCUT2D eigenvalue weighted by molar-refractivity contribution is 6.38. The Balaban J connectivity index is 1.84. The Hall–Kier alpha value is -1.91. The molecule has 166 valence electrons. The second-order valence-corrected chi connectivity index (χ2v) is 8.36. The zero-order valence-corrected chi connectivity index (χ0v) is 17.5. The number of fused-ring (bicyclic) bond motifs is 1. The summed E-state index contributed by atoms with van der Waals surface area (Å²) in [6.45, 7) is -0.526. The SMILES string of the molecule is OC[C@H]1O[C@@H](c2cn(Cc3ccc(O)cc3F)c3c(Cl)cc(Cl)cc23)[C@H](O)[C@@H](O)[C@@H]1O. The summed E-state index contributed by atoms with van der Waals surface area (Å²) in [6.07, 6.45) is -5.17. The number of nitrogens with zero attached hydrogens (tertiary/aromatic N) is 1. The molecule has 31 heavy (non-hydrogen) atoms. The third-order valence-electron chi connectivity index (χ3n) is 5.50. The fourth-order valence-corrected chi connectivity index (χ4v) is 4.54. The molecule has 0 saturated carbocycles. The second-order valence-electron chi connectivity index (χ2n) is 7.52. The molecule has 0 spiro atoms. The lowest BCUT2D eigenvalue weighted by atomic mass is 9.91. The smallest absolute Gasteiger partial charge is 0.131 e. The highest BCUT2D eigenvalue weighted by atomic mass is 35.5. The van der Waals surface area contributed by atoms with Gasteiger partial charge in [-0.15, -0.1) is 0 Å². The van der Waals surface area contributed by atoms with Crippen LogP contribution in [0.1, 0.15) is 17.2 Å². The number of phenols is 1. The maximum Gasteiger partial charge on any atom is 0.131 e. The van der Waals surface area contributed by atoms with E-state index in [9.17, 15) is 29.9 Å². The molecule has 5 atom stereocenters. The minimum atomic E-state index is -1.56. The highest BCUT2D eigenvalue weighted by Crippen LogP contribution is 2.40. The molecule has 0 unspecified atom stereocenters. The van der Waals surface area contributed by atoms with E-state index >= 15 is 0 Å². The standard InChI is InChI=1S/C21H20Cl2FNO6/c22-10-3-12-13(21-20(30)19(29)18(28)16(8-26)31-21)7-25(17(12)14(23)4-10)6-9-1-2-11(27)5-15(9)24/h1-5,7,16,18-21,26-30H,6,8H2/t16-,18-,19+,20-,21+/m1/s1. The molecule has 2 aromatic carbocycles. The van der Waals surface area contributed by atoms with E-state index < -0.39 is 42.9 Å². The summed E-state index contributed by atoms with van der Waals surface area (Å²) in [5, 5.41) is 50.9. The largest absolute Gasteiger partial charge is 0.508 e. The Bertz CT molecular complexity index is 1120. The summed E-state index contributed by atoms with van der Waals surface area (Å²) in [4.78, 5) is 0. The average Bonchev–Trinajstić information content (AvgIpc) is 3.07. The fourth-order valence-electron chi connectivity index (χ4n) is 3.94. The number of rotatable bonds is 4. The molecular weight excluding hydrogens is 452 g/mol. The number of hydrogen-bond acceptors (Lipinski definition) is 6. The molecule has 1 aromatic heterocycles. The first-order valence-corrected chi connectivity index (χ1v) is 10.2. The molecule has 1 aliphatic heterocycles. The third-order valence-corrected chi connectivity index (χ3v) is 6.00. The van der Waals surface area contributed by atoms with Gasteiger partial charge in [0, 0.05) is 33.8 Å². The van der Waals surface area contributed by atoms with Crippen LogP contribution in [0.2, 0.25) is 10.0 Å². The first-order chi connectivity index (χ1) is 14.7. The van der Waals surface area contributed by atoms with Crippen molar-refractivity contribution in [2.24, 2.45) is 0 Å². The Morgan fingerprint density at radius 1 is 1.03 bits per heavy atom. The highest BCUT2D eigenvalue weighted by Gasteiger charge is 2.45. The molecule has 1 saturated heterocycles. The lowest BCUT2D eigenvalue weighted by molar-refractivity contribution is -0.231. The van der Waals surface area contributed by atoms with Crippen LogP contribution in [0.15, 0.2) is 36.5 Å². The number of aliphatic hydroxyl groups is 4. The first-order valence-electron chi connectivity index (χ1n) is 9.47. The van der Waals surface area contributed by atoms with Gasteiger partial charge in [-0.2, -0.15) is 0 Å². The molecule has 10 heteroatoms. The summed E-state index contributed by atoms with van der Waals surface area (Å²) in [5.41, 5.74) is 1.17. The van der Waals surface area contributed by atoms with Crippen LogP contribution in [0.5, 0.6) is 5.75 Å². The monoisotopic (exact) mass is 471 g/mol. The van der Waals surface area contributed by atoms with Crippen molar-refractivity contribution in [3.05, 3.63) is 63.5 Å². The predicted octanol–water partition coefficient (Wildman–Crippen LogP) is 2.36. The molecule has 0 aliphatic carbocycles. The average molecular weight is 472 g/mol. The number of aliphatic hydroxyl groups excluding tert-OH is 4. The molecule has 1 fully saturated rings. The van der Waals surface area contributed by atoms with Crippen LogP contribution in [0, 0.1) is 5.82 Å². The molecule has 0 radical (unpaired) electrons. The van der Waals surface area contributed by atoms with Crippen molar-refractivity contribution in [3.63, 3.8) is 0 Å². The van der Waals surface area contributed by atoms with Crippen LogP contribution in [0.3, 0.4) is 0 Å². The van der Waals surface area contributed by atoms with Crippen molar-refractivity contribution in [2.45, 2.75) is 37.1 Å². The fraction of sp³-hybridized carbons (Fsp3) is 0.333. The van der Waals surface area contributed by atoms with Crippen LogP contribution in [0.4, 0.5) is 4.39 Å². The summed E-state index contributed by atoms with van der Waals surface area (Å²) in [6, 6.07) is 6.92. The number of aromatic nitrogens is 1. The Kier molecular flexibility index (Phi) is 6.15. The van der Waals surface area contributed by atoms with Gasteiger partial charge >= 0.3 is 0 Å². The quantitative estimate of drug-likeness (QED) is 0.398. The molecule has 3 aromatic rings. The predicted molar refractivity (Wildman–Crippen MR) is 112 cm³/mol. The molecule has 1 aliphatic rings. The number of ether oxygens (including phenoxy) is 1. The van der Waals surface area contributed by atoms with E-state index in [4.69, 9.17) is 27.9 Å². The van der Waals surface area contributed by atoms with Crippen molar-refractivity contribution < 1.29 is 34.7 Å². The van der Waals surface area contributed by atoms with Gasteiger partial charge in [0.05, 0.1) is 23.7 Å². The number of phenolic OH excluding ortho intramolecular Hbond substituents is 1. The van der Waals surface area contributed by atoms with E-state index in [0.29, 0.717) is 21.5 Å². The van der Waals surface area contributed by atoms with Crippen LogP contribution < -0.4 is 0 Å². The lowest BCUT2D eigenvalue weighted by Crippen LogP contribution is -2.55. The van der Waals surface area contributed by atoms with E-state index in [0.717, 1.165) is 6.07 Å². The minimum absolute atomic E-state index is 0.0430. The third kappa shape index (κ3) is 4.01. The maximum absolute atomic E-state index is 14.3. The van der Waals surface area contributed by atoms with E-state index in [1.165, 1.54) is 18.2 Å². The normalized spacial score (nSPS) is 26.5. The molecule has 0 amide bonds. The van der Waals surface area contributed by atoms with E-state index in [2.05, 4.69) is 0 Å². The van der Waals surface area contributed by atoms with E-state index in [1.54, 1.807) is 16.8 Å². The number of hydrogen-bond donors (Lipinski definition) is 5. The van der Waals surface area contributed by atoms with Crippen molar-refractivity contribution in [1.82, 2.24) is 4.57 Å². The summed E-state index contributed by atoms with van der Waals surface area (Å²) in [7, 11) is 0. The van der Waals surface area contributed by atoms with Gasteiger partial charge in [-0.1, -0.05) is 29.3 Å². The molecule has 5 N–H and O–H groups in total. The first kappa shape index (κ1) is 22.3. The van der Waals surface area contributed by atoms with Crippen LogP contribution >= 0.6 is 23.2 Å². The van der Waals surface area contributed by atoms with Gasteiger partial charge in [0.2, 0.25) is 0 Å². The number of aromatic hydroxyl groups is 1. The van der Waals surface area contributed by atoms with E-state index in [-0.39, 0.29) is 22.9 Å². The molecular formula is C21H20Cl2FNO6. The van der Waals surface area contributed by atoms with E-state index in [1.807, 2.05) is 0 Å². The van der Waals surface area contributed by atoms with Gasteiger partial charge in [-0.25, -0.2) is 4.39 Å². The minimum Gasteiger partial charge on any atom is -0.508 e. The van der Waals surface area contributed by atoms with Gasteiger partial charge < -0.3 is 34.8 Å². The molecule has 2 heterocycles. The van der Waals surface area contributed by atoms with Gasteiger partial charge in [0.15, 0.2) is 0 Å². The van der Waals surface area contributed by atoms with Crippen molar-refractivity contribution in [3.8, 4) is 5.75 Å². The maximum atomic E-state index is 14.3. The topological polar surface area (TPSA) is 115 Å². The van der Waals surface area contributed by atoms with Crippen LogP contribution in [-0.4, -0.2) is 61.1 Å². The molecule has 0 bridgehead atoms. The van der Waals surface area contributed by atoms with Gasteiger partial charge in [0.1, 0.15) is 42.1 Å². The lowest BCUT2D eigenvalue weighted by Gasteiger charge is -2.40. The number of halogens is 3. The van der Waals surface area contributed by atoms with Gasteiger partial charge in [-0.05, 0) is 18.2 Å². The Labute approximate surface area is 186 Å². The van der Waals surface area contributed by atoms with Crippen molar-refractivity contribution >= 4 is 34.1 Å². The molecule has 4 rings (SSSR count). The second kappa shape index (κ2) is 8.55. The Morgan fingerprint density at radius 3 is 2.45 bits per heavy atom. The van der Waals surface area contributed by atoms with Gasteiger partial charge in [-0.3, -0.25) is 0 Å². The molecule has 7 nitrogen and oxygen atoms in total. The van der Waals surface area contributed by atoms with Crippen molar-refractivity contribution in [2.75, 3.05) is 6.61 Å². The zero-order chi connectivity index (χ0) is 22.4. The van der Waals surface area contributed by atoms with Crippen LogP contribution in [-0.2, 0) is 11.3 Å².